The van der Waals surface area contributed by atoms with Crippen molar-refractivity contribution in [3.8, 4) is 11.5 Å². The standard InChI is InChI=1S/C20H23NO4S/c1-2-15-5-8-17(9-6-15)26(22,23)21-11-3-4-18(21)16-7-10-19-20(14-16)25-13-12-24-19/h5-10,14,18H,2-4,11-13H2,1H3. The zero-order valence-corrected chi connectivity index (χ0v) is 15.7. The first-order chi connectivity index (χ1) is 12.6. The van der Waals surface area contributed by atoms with Gasteiger partial charge in [0.2, 0.25) is 10.0 Å². The Balaban J connectivity index is 1.65. The van der Waals surface area contributed by atoms with Crippen LogP contribution in [0.1, 0.15) is 36.9 Å². The summed E-state index contributed by atoms with van der Waals surface area (Å²) in [4.78, 5) is 0.360. The van der Waals surface area contributed by atoms with E-state index in [1.807, 2.05) is 30.3 Å². The number of ether oxygens (including phenoxy) is 2. The molecule has 1 atom stereocenters. The molecule has 0 saturated carbocycles. The first kappa shape index (κ1) is 17.4. The van der Waals surface area contributed by atoms with Gasteiger partial charge < -0.3 is 9.47 Å². The molecule has 4 rings (SSSR count). The highest BCUT2D eigenvalue weighted by Crippen LogP contribution is 2.40. The second kappa shape index (κ2) is 6.93. The maximum Gasteiger partial charge on any atom is 0.243 e. The quantitative estimate of drug-likeness (QED) is 0.822. The molecule has 0 N–H and O–H groups in total. The maximum absolute atomic E-state index is 13.2. The summed E-state index contributed by atoms with van der Waals surface area (Å²) in [6.07, 6.45) is 2.56. The van der Waals surface area contributed by atoms with Crippen LogP contribution in [0.15, 0.2) is 47.4 Å². The molecular formula is C20H23NO4S. The molecule has 1 fully saturated rings. The smallest absolute Gasteiger partial charge is 0.243 e. The minimum absolute atomic E-state index is 0.165. The van der Waals surface area contributed by atoms with Gasteiger partial charge in [-0.3, -0.25) is 0 Å². The zero-order chi connectivity index (χ0) is 18.1. The lowest BCUT2D eigenvalue weighted by molar-refractivity contribution is 0.171. The van der Waals surface area contributed by atoms with E-state index in [1.54, 1.807) is 16.4 Å². The van der Waals surface area contributed by atoms with E-state index in [0.717, 1.165) is 36.1 Å². The van der Waals surface area contributed by atoms with Gasteiger partial charge in [0.25, 0.3) is 0 Å². The topological polar surface area (TPSA) is 55.8 Å². The van der Waals surface area contributed by atoms with Gasteiger partial charge in [-0.2, -0.15) is 4.31 Å². The third-order valence-corrected chi connectivity index (χ3v) is 7.02. The molecule has 6 heteroatoms. The minimum atomic E-state index is -3.52. The number of aryl methyl sites for hydroxylation is 1. The third kappa shape index (κ3) is 3.08. The summed E-state index contributed by atoms with van der Waals surface area (Å²) < 4.78 is 39.2. The highest BCUT2D eigenvalue weighted by molar-refractivity contribution is 7.89. The molecule has 0 radical (unpaired) electrons. The van der Waals surface area contributed by atoms with Crippen LogP contribution in [-0.2, 0) is 16.4 Å². The summed E-state index contributed by atoms with van der Waals surface area (Å²) >= 11 is 0. The van der Waals surface area contributed by atoms with Crippen molar-refractivity contribution in [1.82, 2.24) is 4.31 Å². The van der Waals surface area contributed by atoms with Crippen molar-refractivity contribution in [3.05, 3.63) is 53.6 Å². The number of hydrogen-bond acceptors (Lipinski definition) is 4. The van der Waals surface area contributed by atoms with Crippen molar-refractivity contribution in [2.24, 2.45) is 0 Å². The van der Waals surface area contributed by atoms with Crippen LogP contribution in [0.25, 0.3) is 0 Å². The van der Waals surface area contributed by atoms with Crippen LogP contribution in [0.5, 0.6) is 11.5 Å². The van der Waals surface area contributed by atoms with Crippen molar-refractivity contribution < 1.29 is 17.9 Å². The monoisotopic (exact) mass is 373 g/mol. The molecule has 0 aliphatic carbocycles. The number of fused-ring (bicyclic) bond motifs is 1. The van der Waals surface area contributed by atoms with Gasteiger partial charge in [-0.15, -0.1) is 0 Å². The molecule has 0 bridgehead atoms. The summed E-state index contributed by atoms with van der Waals surface area (Å²) in [5.74, 6) is 1.42. The largest absolute Gasteiger partial charge is 0.486 e. The maximum atomic E-state index is 13.2. The van der Waals surface area contributed by atoms with Crippen molar-refractivity contribution in [2.75, 3.05) is 19.8 Å². The summed E-state index contributed by atoms with van der Waals surface area (Å²) in [5, 5.41) is 0. The number of rotatable bonds is 4. The van der Waals surface area contributed by atoms with Crippen LogP contribution in [0.2, 0.25) is 0 Å². The molecule has 1 unspecified atom stereocenters. The van der Waals surface area contributed by atoms with Crippen LogP contribution in [0, 0.1) is 0 Å². The molecule has 2 aromatic carbocycles. The molecule has 138 valence electrons. The van der Waals surface area contributed by atoms with Crippen molar-refractivity contribution in [2.45, 2.75) is 37.1 Å². The van der Waals surface area contributed by atoms with Gasteiger partial charge in [0.15, 0.2) is 11.5 Å². The molecule has 2 heterocycles. The van der Waals surface area contributed by atoms with E-state index in [2.05, 4.69) is 6.92 Å². The molecule has 5 nitrogen and oxygen atoms in total. The van der Waals surface area contributed by atoms with Gasteiger partial charge in [0.1, 0.15) is 13.2 Å². The predicted octanol–water partition coefficient (Wildman–Crippen LogP) is 3.55. The average molecular weight is 373 g/mol. The lowest BCUT2D eigenvalue weighted by Gasteiger charge is -2.26. The number of hydrogen-bond donors (Lipinski definition) is 0. The molecular weight excluding hydrogens is 350 g/mol. The van der Waals surface area contributed by atoms with Crippen LogP contribution < -0.4 is 9.47 Å². The Morgan fingerprint density at radius 3 is 2.50 bits per heavy atom. The Bertz CT molecular complexity index is 893. The van der Waals surface area contributed by atoms with Crippen LogP contribution in [-0.4, -0.2) is 32.5 Å². The minimum Gasteiger partial charge on any atom is -0.486 e. The van der Waals surface area contributed by atoms with Gasteiger partial charge in [-0.1, -0.05) is 25.1 Å². The van der Waals surface area contributed by atoms with Crippen molar-refractivity contribution >= 4 is 10.0 Å². The molecule has 2 aliphatic heterocycles. The van der Waals surface area contributed by atoms with E-state index in [1.165, 1.54) is 0 Å². The number of nitrogens with zero attached hydrogens (tertiary/aromatic N) is 1. The fraction of sp³-hybridized carbons (Fsp3) is 0.400. The molecule has 0 amide bonds. The highest BCUT2D eigenvalue weighted by Gasteiger charge is 2.36. The Kier molecular flexibility index (Phi) is 4.63. The second-order valence-corrected chi connectivity index (χ2v) is 8.56. The highest BCUT2D eigenvalue weighted by atomic mass is 32.2. The SMILES string of the molecule is CCc1ccc(S(=O)(=O)N2CCCC2c2ccc3c(c2)OCCO3)cc1. The normalized spacial score (nSPS) is 20.3. The molecule has 2 aromatic rings. The number of benzene rings is 2. The van der Waals surface area contributed by atoms with Crippen LogP contribution in [0.4, 0.5) is 0 Å². The van der Waals surface area contributed by atoms with Gasteiger partial charge in [-0.05, 0) is 54.7 Å². The Morgan fingerprint density at radius 2 is 1.77 bits per heavy atom. The van der Waals surface area contributed by atoms with Gasteiger partial charge in [0.05, 0.1) is 10.9 Å². The molecule has 1 saturated heterocycles. The van der Waals surface area contributed by atoms with Crippen LogP contribution in [0.3, 0.4) is 0 Å². The van der Waals surface area contributed by atoms with Gasteiger partial charge >= 0.3 is 0 Å². The van der Waals surface area contributed by atoms with E-state index in [9.17, 15) is 8.42 Å². The molecule has 26 heavy (non-hydrogen) atoms. The first-order valence-electron chi connectivity index (χ1n) is 9.10. The molecule has 0 aromatic heterocycles. The lowest BCUT2D eigenvalue weighted by Crippen LogP contribution is -2.30. The summed E-state index contributed by atoms with van der Waals surface area (Å²) in [7, 11) is -3.52. The van der Waals surface area contributed by atoms with E-state index in [0.29, 0.717) is 30.4 Å². The second-order valence-electron chi connectivity index (χ2n) is 6.67. The third-order valence-electron chi connectivity index (χ3n) is 5.09. The van der Waals surface area contributed by atoms with E-state index < -0.39 is 10.0 Å². The number of sulfonamides is 1. The van der Waals surface area contributed by atoms with E-state index >= 15 is 0 Å². The summed E-state index contributed by atoms with van der Waals surface area (Å²) in [5.41, 5.74) is 2.09. The Morgan fingerprint density at radius 1 is 1.04 bits per heavy atom. The zero-order valence-electron chi connectivity index (χ0n) is 14.8. The Hall–Kier alpha value is -2.05. The predicted molar refractivity (Wildman–Crippen MR) is 99.1 cm³/mol. The van der Waals surface area contributed by atoms with Gasteiger partial charge in [0, 0.05) is 6.54 Å². The average Bonchev–Trinajstić information content (AvgIpc) is 3.18. The van der Waals surface area contributed by atoms with E-state index in [4.69, 9.17) is 9.47 Å². The van der Waals surface area contributed by atoms with Crippen molar-refractivity contribution in [1.29, 1.82) is 0 Å². The fourth-order valence-corrected chi connectivity index (χ4v) is 5.34. The molecule has 0 spiro atoms. The summed E-state index contributed by atoms with van der Waals surface area (Å²) in [6.45, 7) is 3.66. The van der Waals surface area contributed by atoms with Crippen LogP contribution >= 0.6 is 0 Å². The Labute approximate surface area is 154 Å². The van der Waals surface area contributed by atoms with Crippen molar-refractivity contribution in [3.63, 3.8) is 0 Å². The molecule has 2 aliphatic rings. The van der Waals surface area contributed by atoms with E-state index in [-0.39, 0.29) is 6.04 Å². The summed E-state index contributed by atoms with van der Waals surface area (Å²) in [6, 6.07) is 12.8. The fourth-order valence-electron chi connectivity index (χ4n) is 3.66. The first-order valence-corrected chi connectivity index (χ1v) is 10.5. The van der Waals surface area contributed by atoms with Gasteiger partial charge in [-0.25, -0.2) is 8.42 Å². The lowest BCUT2D eigenvalue weighted by atomic mass is 10.0.